The molecule has 1 saturated heterocycles. The van der Waals surface area contributed by atoms with E-state index in [1.165, 1.54) is 16.8 Å². The number of carbonyl (C=O) groups excluding carboxylic acids is 1. The summed E-state index contributed by atoms with van der Waals surface area (Å²) < 4.78 is 1.38. The number of anilines is 1. The predicted molar refractivity (Wildman–Crippen MR) is 79.3 cm³/mol. The van der Waals surface area contributed by atoms with Crippen molar-refractivity contribution < 1.29 is 4.79 Å². The van der Waals surface area contributed by atoms with E-state index < -0.39 is 0 Å². The molecule has 0 atom stereocenters. The number of hydrogen-bond donors (Lipinski definition) is 1. The molecule has 2 rings (SSSR count). The smallest absolute Gasteiger partial charge is 0.251 e. The highest BCUT2D eigenvalue weighted by atomic mass is 16.2. The molecule has 20 heavy (non-hydrogen) atoms. The second-order valence-corrected chi connectivity index (χ2v) is 5.97. The maximum absolute atomic E-state index is 12.3. The Labute approximate surface area is 119 Å². The third-order valence-electron chi connectivity index (χ3n) is 4.49. The summed E-state index contributed by atoms with van der Waals surface area (Å²) in [7, 11) is 0. The van der Waals surface area contributed by atoms with Gasteiger partial charge < -0.3 is 15.2 Å². The zero-order valence-electron chi connectivity index (χ0n) is 12.3. The van der Waals surface area contributed by atoms with Crippen molar-refractivity contribution in [3.05, 3.63) is 28.7 Å². The van der Waals surface area contributed by atoms with Gasteiger partial charge in [-0.3, -0.25) is 9.59 Å². The Balaban J connectivity index is 2.00. The number of hydrogen-bond acceptors (Lipinski definition) is 3. The van der Waals surface area contributed by atoms with Gasteiger partial charge in [-0.15, -0.1) is 0 Å². The molecular formula is C15H23N3O2. The number of carbonyl (C=O) groups is 1. The lowest BCUT2D eigenvalue weighted by molar-refractivity contribution is -0.134. The summed E-state index contributed by atoms with van der Waals surface area (Å²) in [6.45, 7) is 6.11. The highest BCUT2D eigenvalue weighted by Gasteiger charge is 2.30. The maximum Gasteiger partial charge on any atom is 0.251 e. The van der Waals surface area contributed by atoms with Crippen LogP contribution < -0.4 is 11.3 Å². The first kappa shape index (κ1) is 14.6. The predicted octanol–water partition coefficient (Wildman–Crippen LogP) is 1.47. The summed E-state index contributed by atoms with van der Waals surface area (Å²) in [5, 5.41) is 0. The van der Waals surface area contributed by atoms with Crippen molar-refractivity contribution in [1.29, 1.82) is 0 Å². The minimum Gasteiger partial charge on any atom is -0.398 e. The van der Waals surface area contributed by atoms with E-state index in [1.54, 1.807) is 6.07 Å². The average molecular weight is 277 g/mol. The van der Waals surface area contributed by atoms with Crippen LogP contribution in [0.3, 0.4) is 0 Å². The summed E-state index contributed by atoms with van der Waals surface area (Å²) in [6, 6.07) is 2.95. The highest BCUT2D eigenvalue weighted by molar-refractivity contribution is 5.76. The minimum absolute atomic E-state index is 0.00384. The van der Waals surface area contributed by atoms with Crippen LogP contribution in [0.5, 0.6) is 0 Å². The number of nitrogens with zero attached hydrogens (tertiary/aromatic N) is 2. The third kappa shape index (κ3) is 3.21. The van der Waals surface area contributed by atoms with Crippen molar-refractivity contribution in [3.63, 3.8) is 0 Å². The summed E-state index contributed by atoms with van der Waals surface area (Å²) in [4.78, 5) is 25.8. The molecule has 2 N–H and O–H groups in total. The van der Waals surface area contributed by atoms with Crippen LogP contribution in [0.4, 0.5) is 5.69 Å². The lowest BCUT2D eigenvalue weighted by atomic mass is 9.78. The summed E-state index contributed by atoms with van der Waals surface area (Å²) in [5.74, 6) is -0.00384. The Bertz CT molecular complexity index is 542. The van der Waals surface area contributed by atoms with Gasteiger partial charge >= 0.3 is 0 Å². The van der Waals surface area contributed by atoms with E-state index in [1.807, 2.05) is 4.90 Å². The normalized spacial score (nSPS) is 18.0. The second-order valence-electron chi connectivity index (χ2n) is 5.97. The van der Waals surface area contributed by atoms with Gasteiger partial charge in [0.15, 0.2) is 0 Å². The van der Waals surface area contributed by atoms with Crippen LogP contribution in [0.15, 0.2) is 23.1 Å². The molecule has 1 aliphatic rings. The number of nitrogen functional groups attached to an aromatic ring is 1. The molecule has 0 unspecified atom stereocenters. The van der Waals surface area contributed by atoms with Gasteiger partial charge in [0.1, 0.15) is 6.54 Å². The molecule has 0 spiro atoms. The highest BCUT2D eigenvalue weighted by Crippen LogP contribution is 2.33. The van der Waals surface area contributed by atoms with Crippen molar-refractivity contribution in [2.45, 2.75) is 39.7 Å². The summed E-state index contributed by atoms with van der Waals surface area (Å²) >= 11 is 0. The maximum atomic E-state index is 12.3. The standard InChI is InChI=1S/C15H23N3O2/c1-3-15(2)6-8-17(9-7-15)14(20)11-18-10-12(16)4-5-13(18)19/h4-5,10H,3,6-9,11,16H2,1-2H3. The fraction of sp³-hybridized carbons (Fsp3) is 0.600. The van der Waals surface area contributed by atoms with Gasteiger partial charge in [0.2, 0.25) is 5.91 Å². The number of nitrogens with two attached hydrogens (primary N) is 1. The van der Waals surface area contributed by atoms with E-state index in [0.717, 1.165) is 32.4 Å². The largest absolute Gasteiger partial charge is 0.398 e. The molecular weight excluding hydrogens is 254 g/mol. The molecule has 1 amide bonds. The van der Waals surface area contributed by atoms with Gasteiger partial charge in [0, 0.05) is 31.0 Å². The zero-order valence-corrected chi connectivity index (χ0v) is 12.3. The van der Waals surface area contributed by atoms with Gasteiger partial charge in [-0.25, -0.2) is 0 Å². The zero-order chi connectivity index (χ0) is 14.8. The van der Waals surface area contributed by atoms with Crippen LogP contribution in [-0.4, -0.2) is 28.5 Å². The van der Waals surface area contributed by atoms with Crippen LogP contribution in [0.2, 0.25) is 0 Å². The Hall–Kier alpha value is -1.78. The van der Waals surface area contributed by atoms with E-state index in [0.29, 0.717) is 11.1 Å². The average Bonchev–Trinajstić information content (AvgIpc) is 2.43. The molecule has 0 radical (unpaired) electrons. The van der Waals surface area contributed by atoms with Crippen molar-refractivity contribution in [2.24, 2.45) is 5.41 Å². The van der Waals surface area contributed by atoms with Crippen molar-refractivity contribution >= 4 is 11.6 Å². The van der Waals surface area contributed by atoms with Gasteiger partial charge in [0.25, 0.3) is 5.56 Å². The molecule has 2 heterocycles. The summed E-state index contributed by atoms with van der Waals surface area (Å²) in [6.07, 6.45) is 4.73. The molecule has 0 saturated carbocycles. The molecule has 0 aromatic carbocycles. The number of pyridine rings is 1. The van der Waals surface area contributed by atoms with Crippen LogP contribution in [0.25, 0.3) is 0 Å². The topological polar surface area (TPSA) is 68.3 Å². The van der Waals surface area contributed by atoms with E-state index >= 15 is 0 Å². The van der Waals surface area contributed by atoms with Gasteiger partial charge in [-0.1, -0.05) is 20.3 Å². The summed E-state index contributed by atoms with van der Waals surface area (Å²) in [5.41, 5.74) is 6.31. The molecule has 5 nitrogen and oxygen atoms in total. The number of rotatable bonds is 3. The minimum atomic E-state index is -0.192. The molecule has 1 aromatic heterocycles. The SMILES string of the molecule is CCC1(C)CCN(C(=O)Cn2cc(N)ccc2=O)CC1. The lowest BCUT2D eigenvalue weighted by Gasteiger charge is -2.39. The first-order chi connectivity index (χ1) is 9.43. The number of amides is 1. The Morgan fingerprint density at radius 3 is 2.60 bits per heavy atom. The molecule has 1 aliphatic heterocycles. The van der Waals surface area contributed by atoms with E-state index in [4.69, 9.17) is 5.73 Å². The van der Waals surface area contributed by atoms with Gasteiger partial charge in [-0.2, -0.15) is 0 Å². The van der Waals surface area contributed by atoms with Crippen molar-refractivity contribution in [2.75, 3.05) is 18.8 Å². The quantitative estimate of drug-likeness (QED) is 0.909. The van der Waals surface area contributed by atoms with Gasteiger partial charge in [0.05, 0.1) is 0 Å². The lowest BCUT2D eigenvalue weighted by Crippen LogP contribution is -2.44. The van der Waals surface area contributed by atoms with Crippen LogP contribution >= 0.6 is 0 Å². The molecule has 1 fully saturated rings. The van der Waals surface area contributed by atoms with Crippen LogP contribution in [0.1, 0.15) is 33.1 Å². The fourth-order valence-electron chi connectivity index (χ4n) is 2.57. The van der Waals surface area contributed by atoms with Crippen molar-refractivity contribution in [1.82, 2.24) is 9.47 Å². The Morgan fingerprint density at radius 1 is 1.35 bits per heavy atom. The number of aromatic nitrogens is 1. The molecule has 1 aromatic rings. The molecule has 5 heteroatoms. The number of likely N-dealkylation sites (tertiary alicyclic amines) is 1. The fourth-order valence-corrected chi connectivity index (χ4v) is 2.57. The van der Waals surface area contributed by atoms with E-state index in [9.17, 15) is 9.59 Å². The third-order valence-corrected chi connectivity index (χ3v) is 4.49. The van der Waals surface area contributed by atoms with Gasteiger partial charge in [-0.05, 0) is 24.3 Å². The second kappa shape index (κ2) is 5.69. The molecule has 0 bridgehead atoms. The molecule has 110 valence electrons. The molecule has 0 aliphatic carbocycles. The first-order valence-electron chi connectivity index (χ1n) is 7.17. The number of piperidine rings is 1. The van der Waals surface area contributed by atoms with Crippen LogP contribution in [-0.2, 0) is 11.3 Å². The monoisotopic (exact) mass is 277 g/mol. The van der Waals surface area contributed by atoms with Crippen molar-refractivity contribution in [3.8, 4) is 0 Å². The van der Waals surface area contributed by atoms with E-state index in [2.05, 4.69) is 13.8 Å². The van der Waals surface area contributed by atoms with E-state index in [-0.39, 0.29) is 18.0 Å². The Morgan fingerprint density at radius 2 is 2.00 bits per heavy atom. The Kier molecular flexibility index (Phi) is 4.16. The van der Waals surface area contributed by atoms with Crippen LogP contribution in [0, 0.1) is 5.41 Å². The first-order valence-corrected chi connectivity index (χ1v) is 7.17.